The standard InChI is InChI=1S/C12H11N5O3/c13-11-7-14-6-10(16-11)12(18)15-5-8-2-1-3-9(4-8)17(19)20/h1-4,6-7H,5H2,(H2,13,16)(H,15,18). The first-order valence-corrected chi connectivity index (χ1v) is 5.65. The van der Waals surface area contributed by atoms with Crippen LogP contribution < -0.4 is 11.1 Å². The Labute approximate surface area is 113 Å². The second kappa shape index (κ2) is 5.74. The van der Waals surface area contributed by atoms with Gasteiger partial charge >= 0.3 is 0 Å². The topological polar surface area (TPSA) is 124 Å². The number of non-ortho nitro benzene ring substituents is 1. The zero-order chi connectivity index (χ0) is 14.5. The number of carbonyl (C=O) groups is 1. The molecule has 0 spiro atoms. The zero-order valence-corrected chi connectivity index (χ0v) is 10.3. The molecule has 0 aliphatic carbocycles. The molecule has 0 fully saturated rings. The van der Waals surface area contributed by atoms with Crippen LogP contribution in [0.1, 0.15) is 16.1 Å². The van der Waals surface area contributed by atoms with Crippen LogP contribution >= 0.6 is 0 Å². The molecular formula is C12H11N5O3. The number of carbonyl (C=O) groups excluding carboxylic acids is 1. The van der Waals surface area contributed by atoms with Crippen LogP contribution in [0.4, 0.5) is 11.5 Å². The molecule has 0 radical (unpaired) electrons. The predicted molar refractivity (Wildman–Crippen MR) is 70.7 cm³/mol. The highest BCUT2D eigenvalue weighted by Gasteiger charge is 2.09. The number of hydrogen-bond donors (Lipinski definition) is 2. The summed E-state index contributed by atoms with van der Waals surface area (Å²) in [5.41, 5.74) is 6.11. The monoisotopic (exact) mass is 273 g/mol. The summed E-state index contributed by atoms with van der Waals surface area (Å²) in [6.07, 6.45) is 2.62. The van der Waals surface area contributed by atoms with Gasteiger partial charge in [0.2, 0.25) is 0 Å². The van der Waals surface area contributed by atoms with Crippen LogP contribution in [0.3, 0.4) is 0 Å². The highest BCUT2D eigenvalue weighted by molar-refractivity contribution is 5.92. The van der Waals surface area contributed by atoms with Crippen molar-refractivity contribution in [1.82, 2.24) is 15.3 Å². The van der Waals surface area contributed by atoms with Crippen LogP contribution in [0.25, 0.3) is 0 Å². The lowest BCUT2D eigenvalue weighted by atomic mass is 10.2. The van der Waals surface area contributed by atoms with Gasteiger partial charge in [-0.1, -0.05) is 12.1 Å². The SMILES string of the molecule is Nc1cncc(C(=O)NCc2cccc([N+](=O)[O-])c2)n1. The molecule has 1 aromatic carbocycles. The number of nitrogens with two attached hydrogens (primary N) is 1. The number of nitrogens with one attached hydrogen (secondary N) is 1. The van der Waals surface area contributed by atoms with E-state index in [0.29, 0.717) is 5.56 Å². The Balaban J connectivity index is 2.03. The summed E-state index contributed by atoms with van der Waals surface area (Å²) in [5.74, 6) is -0.302. The minimum atomic E-state index is -0.491. The first-order chi connectivity index (χ1) is 9.56. The van der Waals surface area contributed by atoms with Crippen LogP contribution in [0.15, 0.2) is 36.7 Å². The molecule has 0 saturated heterocycles. The fourth-order valence-corrected chi connectivity index (χ4v) is 1.54. The summed E-state index contributed by atoms with van der Waals surface area (Å²) in [7, 11) is 0. The number of nitrogen functional groups attached to an aromatic ring is 1. The summed E-state index contributed by atoms with van der Waals surface area (Å²) in [6, 6.07) is 6.01. The van der Waals surface area contributed by atoms with Crippen molar-refractivity contribution in [1.29, 1.82) is 0 Å². The summed E-state index contributed by atoms with van der Waals surface area (Å²) in [6.45, 7) is 0.150. The van der Waals surface area contributed by atoms with Crippen molar-refractivity contribution < 1.29 is 9.72 Å². The van der Waals surface area contributed by atoms with E-state index in [4.69, 9.17) is 5.73 Å². The molecular weight excluding hydrogens is 262 g/mol. The van der Waals surface area contributed by atoms with E-state index < -0.39 is 10.8 Å². The maximum atomic E-state index is 11.8. The lowest BCUT2D eigenvalue weighted by molar-refractivity contribution is -0.384. The van der Waals surface area contributed by atoms with Gasteiger partial charge in [-0.15, -0.1) is 0 Å². The van der Waals surface area contributed by atoms with Gasteiger partial charge in [0.25, 0.3) is 11.6 Å². The van der Waals surface area contributed by atoms with Gasteiger partial charge in [0.15, 0.2) is 0 Å². The fourth-order valence-electron chi connectivity index (χ4n) is 1.54. The van der Waals surface area contributed by atoms with Crippen molar-refractivity contribution in [3.05, 3.63) is 58.0 Å². The fraction of sp³-hybridized carbons (Fsp3) is 0.0833. The zero-order valence-electron chi connectivity index (χ0n) is 10.3. The molecule has 2 rings (SSSR count). The molecule has 8 nitrogen and oxygen atoms in total. The highest BCUT2D eigenvalue weighted by Crippen LogP contribution is 2.12. The molecule has 2 aromatic rings. The van der Waals surface area contributed by atoms with Gasteiger partial charge in [0.1, 0.15) is 11.5 Å². The Morgan fingerprint density at radius 1 is 1.40 bits per heavy atom. The molecule has 0 saturated carbocycles. The molecule has 102 valence electrons. The van der Waals surface area contributed by atoms with Crippen LogP contribution in [0, 0.1) is 10.1 Å². The number of aromatic nitrogens is 2. The number of nitro groups is 1. The summed E-state index contributed by atoms with van der Waals surface area (Å²) in [4.78, 5) is 29.5. The third kappa shape index (κ3) is 3.25. The van der Waals surface area contributed by atoms with Crippen molar-refractivity contribution in [3.63, 3.8) is 0 Å². The average molecular weight is 273 g/mol. The normalized spacial score (nSPS) is 10.0. The number of benzene rings is 1. The summed E-state index contributed by atoms with van der Waals surface area (Å²) >= 11 is 0. The van der Waals surface area contributed by atoms with E-state index in [1.165, 1.54) is 24.5 Å². The number of rotatable bonds is 4. The molecule has 0 atom stereocenters. The Morgan fingerprint density at radius 3 is 2.90 bits per heavy atom. The van der Waals surface area contributed by atoms with Gasteiger partial charge in [-0.25, -0.2) is 4.98 Å². The number of anilines is 1. The van der Waals surface area contributed by atoms with Crippen LogP contribution in [0.5, 0.6) is 0 Å². The van der Waals surface area contributed by atoms with Gasteiger partial charge in [-0.05, 0) is 5.56 Å². The smallest absolute Gasteiger partial charge is 0.271 e. The Kier molecular flexibility index (Phi) is 3.85. The number of hydrogen-bond acceptors (Lipinski definition) is 6. The summed E-state index contributed by atoms with van der Waals surface area (Å²) < 4.78 is 0. The van der Waals surface area contributed by atoms with Gasteiger partial charge in [-0.2, -0.15) is 0 Å². The Morgan fingerprint density at radius 2 is 2.20 bits per heavy atom. The van der Waals surface area contributed by atoms with E-state index in [1.54, 1.807) is 12.1 Å². The summed E-state index contributed by atoms with van der Waals surface area (Å²) in [5, 5.41) is 13.2. The molecule has 1 amide bonds. The van der Waals surface area contributed by atoms with Crippen LogP contribution in [-0.2, 0) is 6.54 Å². The third-order valence-corrected chi connectivity index (χ3v) is 2.46. The van der Waals surface area contributed by atoms with Crippen molar-refractivity contribution in [2.24, 2.45) is 0 Å². The number of nitrogens with zero attached hydrogens (tertiary/aromatic N) is 3. The van der Waals surface area contributed by atoms with Gasteiger partial charge < -0.3 is 11.1 Å². The first kappa shape index (κ1) is 13.4. The van der Waals surface area contributed by atoms with E-state index in [1.807, 2.05) is 0 Å². The molecule has 0 aliphatic rings. The molecule has 20 heavy (non-hydrogen) atoms. The van der Waals surface area contributed by atoms with E-state index in [-0.39, 0.29) is 23.7 Å². The lowest BCUT2D eigenvalue weighted by Crippen LogP contribution is -2.24. The van der Waals surface area contributed by atoms with Crippen molar-refractivity contribution in [2.75, 3.05) is 5.73 Å². The van der Waals surface area contributed by atoms with Crippen molar-refractivity contribution in [3.8, 4) is 0 Å². The van der Waals surface area contributed by atoms with E-state index in [0.717, 1.165) is 0 Å². The molecule has 3 N–H and O–H groups in total. The number of amides is 1. The van der Waals surface area contributed by atoms with Crippen LogP contribution in [0.2, 0.25) is 0 Å². The van der Waals surface area contributed by atoms with Gasteiger partial charge in [-0.3, -0.25) is 19.9 Å². The minimum Gasteiger partial charge on any atom is -0.382 e. The second-order valence-corrected chi connectivity index (χ2v) is 3.94. The van der Waals surface area contributed by atoms with Crippen molar-refractivity contribution in [2.45, 2.75) is 6.54 Å². The third-order valence-electron chi connectivity index (χ3n) is 2.46. The second-order valence-electron chi connectivity index (χ2n) is 3.94. The van der Waals surface area contributed by atoms with Gasteiger partial charge in [0.05, 0.1) is 17.3 Å². The maximum absolute atomic E-state index is 11.8. The van der Waals surface area contributed by atoms with E-state index >= 15 is 0 Å². The molecule has 1 heterocycles. The highest BCUT2D eigenvalue weighted by atomic mass is 16.6. The van der Waals surface area contributed by atoms with Crippen LogP contribution in [-0.4, -0.2) is 20.8 Å². The number of nitro benzene ring substituents is 1. The quantitative estimate of drug-likeness (QED) is 0.629. The lowest BCUT2D eigenvalue weighted by Gasteiger charge is -2.05. The Bertz CT molecular complexity index is 659. The minimum absolute atomic E-state index is 0.0273. The predicted octanol–water partition coefficient (Wildman–Crippen LogP) is 0.897. The van der Waals surface area contributed by atoms with Crippen molar-refractivity contribution >= 4 is 17.4 Å². The first-order valence-electron chi connectivity index (χ1n) is 5.65. The van der Waals surface area contributed by atoms with E-state index in [2.05, 4.69) is 15.3 Å². The average Bonchev–Trinajstić information content (AvgIpc) is 2.45. The molecule has 8 heteroatoms. The molecule has 1 aromatic heterocycles. The molecule has 0 bridgehead atoms. The maximum Gasteiger partial charge on any atom is 0.271 e. The molecule has 0 aliphatic heterocycles. The van der Waals surface area contributed by atoms with Gasteiger partial charge in [0, 0.05) is 18.7 Å². The molecule has 0 unspecified atom stereocenters. The van der Waals surface area contributed by atoms with E-state index in [9.17, 15) is 14.9 Å². The largest absolute Gasteiger partial charge is 0.382 e. The Hall–Kier alpha value is -3.03.